The predicted octanol–water partition coefficient (Wildman–Crippen LogP) is 1.89. The first-order valence-electron chi connectivity index (χ1n) is 10.5. The van der Waals surface area contributed by atoms with Crippen molar-refractivity contribution in [2.75, 3.05) is 5.32 Å². The van der Waals surface area contributed by atoms with Gasteiger partial charge >= 0.3 is 6.03 Å². The molecule has 2 aliphatic carbocycles. The molecule has 0 saturated carbocycles. The van der Waals surface area contributed by atoms with E-state index in [4.69, 9.17) is 0 Å². The number of aryl methyl sites for hydroxylation is 2. The number of urea groups is 1. The fourth-order valence-corrected chi connectivity index (χ4v) is 6.02. The summed E-state index contributed by atoms with van der Waals surface area (Å²) in [6, 6.07) is 1.41. The van der Waals surface area contributed by atoms with Crippen molar-refractivity contribution in [2.24, 2.45) is 0 Å². The number of hydrogen-bond donors (Lipinski definition) is 3. The van der Waals surface area contributed by atoms with Crippen molar-refractivity contribution in [3.05, 3.63) is 40.2 Å². The monoisotopic (exact) mass is 443 g/mol. The number of hydrogen-bond acceptors (Lipinski definition) is 5. The summed E-state index contributed by atoms with van der Waals surface area (Å²) in [6.07, 6.45) is 6.87. The van der Waals surface area contributed by atoms with Crippen molar-refractivity contribution in [2.45, 2.75) is 69.4 Å². The van der Waals surface area contributed by atoms with E-state index in [1.165, 1.54) is 15.8 Å². The van der Waals surface area contributed by atoms with Crippen LogP contribution < -0.4 is 15.4 Å². The van der Waals surface area contributed by atoms with Gasteiger partial charge in [-0.1, -0.05) is 6.07 Å². The Balaban J connectivity index is 1.42. The second-order valence-corrected chi connectivity index (χ2v) is 10.8. The van der Waals surface area contributed by atoms with E-state index in [1.54, 1.807) is 0 Å². The summed E-state index contributed by atoms with van der Waals surface area (Å²) in [5, 5.41) is 9.64. The molecule has 10 heteroatoms. The van der Waals surface area contributed by atoms with Gasteiger partial charge in [-0.3, -0.25) is 9.48 Å². The van der Waals surface area contributed by atoms with Crippen LogP contribution in [0.5, 0.6) is 0 Å². The minimum atomic E-state index is -4.28. The molecule has 0 unspecified atom stereocenters. The molecule has 3 N–H and O–H groups in total. The molecule has 0 atom stereocenters. The molecule has 5 rings (SSSR count). The summed E-state index contributed by atoms with van der Waals surface area (Å²) in [6.45, 7) is 3.98. The maximum Gasteiger partial charge on any atom is 0.333 e. The van der Waals surface area contributed by atoms with Crippen LogP contribution in [0.1, 0.15) is 59.4 Å². The van der Waals surface area contributed by atoms with Crippen molar-refractivity contribution in [1.29, 1.82) is 0 Å². The Bertz CT molecular complexity index is 1200. The van der Waals surface area contributed by atoms with Gasteiger partial charge in [0.25, 0.3) is 15.9 Å². The molecule has 3 amide bonds. The van der Waals surface area contributed by atoms with E-state index in [9.17, 15) is 18.0 Å². The number of sulfonamides is 1. The lowest BCUT2D eigenvalue weighted by molar-refractivity contribution is 0.0850. The average molecular weight is 444 g/mol. The van der Waals surface area contributed by atoms with E-state index in [1.807, 2.05) is 13.8 Å². The van der Waals surface area contributed by atoms with E-state index in [0.29, 0.717) is 6.54 Å². The molecule has 3 aliphatic rings. The first-order valence-corrected chi connectivity index (χ1v) is 12.0. The molecule has 1 aliphatic heterocycles. The molecule has 164 valence electrons. The van der Waals surface area contributed by atoms with Gasteiger partial charge in [0, 0.05) is 5.69 Å². The Labute approximate surface area is 180 Å². The highest BCUT2D eigenvalue weighted by Gasteiger charge is 2.37. The number of fused-ring (bicyclic) bond motifs is 3. The first-order chi connectivity index (χ1) is 14.6. The standard InChI is InChI=1S/C21H25N5O4S/c1-21(2)11-26-18(19(27)24-21)16(10-22-26)31(29,30)25-20(28)23-17-14-7-3-5-12(14)9-13-6-4-8-15(13)17/h9-10H,3-8,11H2,1-2H3,(H,24,27)(H2,23,25,28). The number of carbonyl (C=O) groups is 2. The normalized spacial score (nSPS) is 18.7. The summed E-state index contributed by atoms with van der Waals surface area (Å²) in [7, 11) is -4.28. The maximum atomic E-state index is 12.9. The molecule has 0 fully saturated rings. The molecular formula is C21H25N5O4S. The van der Waals surface area contributed by atoms with Crippen LogP contribution in [0.15, 0.2) is 17.2 Å². The van der Waals surface area contributed by atoms with Crippen LogP contribution in [0.3, 0.4) is 0 Å². The number of rotatable bonds is 3. The highest BCUT2D eigenvalue weighted by Crippen LogP contribution is 2.38. The molecule has 0 bridgehead atoms. The Morgan fingerprint density at radius 2 is 1.77 bits per heavy atom. The zero-order valence-corrected chi connectivity index (χ0v) is 18.4. The van der Waals surface area contributed by atoms with Crippen LogP contribution in [0.2, 0.25) is 0 Å². The predicted molar refractivity (Wildman–Crippen MR) is 114 cm³/mol. The van der Waals surface area contributed by atoms with Crippen LogP contribution in [0, 0.1) is 0 Å². The highest BCUT2D eigenvalue weighted by atomic mass is 32.2. The molecule has 1 aromatic carbocycles. The van der Waals surface area contributed by atoms with E-state index < -0.39 is 27.5 Å². The van der Waals surface area contributed by atoms with Gasteiger partial charge < -0.3 is 10.6 Å². The summed E-state index contributed by atoms with van der Waals surface area (Å²) in [5.74, 6) is -0.534. The summed E-state index contributed by atoms with van der Waals surface area (Å²) < 4.78 is 29.3. The van der Waals surface area contributed by atoms with E-state index in [-0.39, 0.29) is 10.6 Å². The van der Waals surface area contributed by atoms with E-state index in [0.717, 1.165) is 61.5 Å². The Morgan fingerprint density at radius 1 is 1.13 bits per heavy atom. The number of benzene rings is 1. The van der Waals surface area contributed by atoms with Crippen molar-refractivity contribution in [1.82, 2.24) is 19.8 Å². The van der Waals surface area contributed by atoms with Gasteiger partial charge in [-0.2, -0.15) is 5.10 Å². The van der Waals surface area contributed by atoms with Crippen molar-refractivity contribution in [3.63, 3.8) is 0 Å². The van der Waals surface area contributed by atoms with E-state index >= 15 is 0 Å². The summed E-state index contributed by atoms with van der Waals surface area (Å²) in [4.78, 5) is 24.9. The molecule has 2 heterocycles. The zero-order valence-electron chi connectivity index (χ0n) is 17.5. The summed E-state index contributed by atoms with van der Waals surface area (Å²) >= 11 is 0. The number of nitrogens with zero attached hydrogens (tertiary/aromatic N) is 2. The van der Waals surface area contributed by atoms with Crippen LogP contribution in [0.25, 0.3) is 0 Å². The van der Waals surface area contributed by atoms with Gasteiger partial charge in [-0.25, -0.2) is 17.9 Å². The Kier molecular flexibility index (Phi) is 4.40. The summed E-state index contributed by atoms with van der Waals surface area (Å²) in [5.41, 5.74) is 4.84. The van der Waals surface area contributed by atoms with Gasteiger partial charge in [-0.15, -0.1) is 0 Å². The minimum Gasteiger partial charge on any atom is -0.344 e. The molecule has 0 spiro atoms. The topological polar surface area (TPSA) is 122 Å². The van der Waals surface area contributed by atoms with Gasteiger partial charge in [-0.05, 0) is 74.6 Å². The SMILES string of the molecule is CC1(C)Cn2ncc(S(=O)(=O)NC(=O)Nc3c4c(cc5c3CCC5)CCC4)c2C(=O)N1. The highest BCUT2D eigenvalue weighted by molar-refractivity contribution is 7.90. The third-order valence-corrected chi connectivity index (χ3v) is 7.58. The number of aromatic nitrogens is 2. The molecular weight excluding hydrogens is 418 g/mol. The smallest absolute Gasteiger partial charge is 0.333 e. The van der Waals surface area contributed by atoms with Crippen LogP contribution in [0.4, 0.5) is 10.5 Å². The quantitative estimate of drug-likeness (QED) is 0.669. The van der Waals surface area contributed by atoms with Crippen LogP contribution in [-0.2, 0) is 42.3 Å². The molecule has 9 nitrogen and oxygen atoms in total. The Morgan fingerprint density at radius 3 is 2.42 bits per heavy atom. The zero-order chi connectivity index (χ0) is 22.0. The second kappa shape index (κ2) is 6.81. The number of nitrogens with one attached hydrogen (secondary N) is 3. The average Bonchev–Trinajstić information content (AvgIpc) is 3.38. The maximum absolute atomic E-state index is 12.9. The lowest BCUT2D eigenvalue weighted by atomic mass is 9.99. The van der Waals surface area contributed by atoms with Crippen molar-refractivity contribution >= 4 is 27.6 Å². The third kappa shape index (κ3) is 3.38. The Hall–Kier alpha value is -2.88. The van der Waals surface area contributed by atoms with Crippen molar-refractivity contribution in [3.8, 4) is 0 Å². The number of carbonyl (C=O) groups excluding carboxylic acids is 2. The van der Waals surface area contributed by atoms with E-state index in [2.05, 4.69) is 26.5 Å². The van der Waals surface area contributed by atoms with Crippen molar-refractivity contribution < 1.29 is 18.0 Å². The second-order valence-electron chi connectivity index (χ2n) is 9.15. The van der Waals surface area contributed by atoms with Crippen LogP contribution >= 0.6 is 0 Å². The molecule has 0 radical (unpaired) electrons. The van der Waals surface area contributed by atoms with Gasteiger partial charge in [0.05, 0.1) is 18.3 Å². The first kappa shape index (κ1) is 20.0. The van der Waals surface area contributed by atoms with Gasteiger partial charge in [0.1, 0.15) is 10.6 Å². The number of amides is 3. The number of anilines is 1. The fraction of sp³-hybridized carbons (Fsp3) is 0.476. The molecule has 0 saturated heterocycles. The lowest BCUT2D eigenvalue weighted by Gasteiger charge is -2.31. The lowest BCUT2D eigenvalue weighted by Crippen LogP contribution is -2.52. The van der Waals surface area contributed by atoms with Crippen LogP contribution in [-0.4, -0.2) is 35.7 Å². The molecule has 1 aromatic heterocycles. The third-order valence-electron chi connectivity index (χ3n) is 6.25. The fourth-order valence-electron chi connectivity index (χ4n) is 4.98. The van der Waals surface area contributed by atoms with Gasteiger partial charge in [0.15, 0.2) is 0 Å². The van der Waals surface area contributed by atoms with Gasteiger partial charge in [0.2, 0.25) is 0 Å². The largest absolute Gasteiger partial charge is 0.344 e. The minimum absolute atomic E-state index is 0.0684. The molecule has 31 heavy (non-hydrogen) atoms. The molecule has 2 aromatic rings.